The molecule has 0 bridgehead atoms. The number of anilines is 1. The van der Waals surface area contributed by atoms with E-state index in [-0.39, 0.29) is 17.7 Å². The summed E-state index contributed by atoms with van der Waals surface area (Å²) in [6.45, 7) is 1.80. The third kappa shape index (κ3) is 5.69. The molecule has 9 heteroatoms. The first-order valence-corrected chi connectivity index (χ1v) is 7.10. The number of benzene rings is 1. The van der Waals surface area contributed by atoms with Crippen molar-refractivity contribution in [1.29, 1.82) is 10.5 Å². The van der Waals surface area contributed by atoms with Crippen LogP contribution in [0, 0.1) is 22.7 Å². The Morgan fingerprint density at radius 2 is 2.00 bits per heavy atom. The summed E-state index contributed by atoms with van der Waals surface area (Å²) >= 11 is 3.26. The molecule has 0 atom stereocenters. The van der Waals surface area contributed by atoms with Crippen LogP contribution in [0.1, 0.15) is 17.3 Å². The average molecular weight is 378 g/mol. The fourth-order valence-electron chi connectivity index (χ4n) is 1.42. The lowest BCUT2D eigenvalue weighted by Gasteiger charge is -2.11. The van der Waals surface area contributed by atoms with Gasteiger partial charge < -0.3 is 10.1 Å². The monoisotopic (exact) mass is 377 g/mol. The summed E-state index contributed by atoms with van der Waals surface area (Å²) in [5.74, 6) is -0.600. The molecule has 0 saturated heterocycles. The first-order chi connectivity index (χ1) is 11.0. The van der Waals surface area contributed by atoms with Crippen LogP contribution >= 0.6 is 15.9 Å². The summed E-state index contributed by atoms with van der Waals surface area (Å²) in [6.07, 6.45) is 0.390. The highest BCUT2D eigenvalue weighted by Crippen LogP contribution is 2.21. The van der Waals surface area contributed by atoms with Crippen LogP contribution in [0.15, 0.2) is 34.4 Å². The third-order valence-corrected chi connectivity index (χ3v) is 2.89. The maximum absolute atomic E-state index is 12.1. The Balaban J connectivity index is 2.92. The summed E-state index contributed by atoms with van der Waals surface area (Å²) in [4.78, 5) is 23.2. The van der Waals surface area contributed by atoms with Gasteiger partial charge in [0.1, 0.15) is 17.7 Å². The molecule has 1 aromatic rings. The zero-order valence-corrected chi connectivity index (χ0v) is 13.6. The molecule has 0 spiro atoms. The predicted molar refractivity (Wildman–Crippen MR) is 84.7 cm³/mol. The van der Waals surface area contributed by atoms with Crippen molar-refractivity contribution in [3.8, 4) is 12.1 Å². The quantitative estimate of drug-likeness (QED) is 0.544. The number of ether oxygens (including phenoxy) is 1. The number of hydrazine groups is 1. The predicted octanol–water partition coefficient (Wildman–Crippen LogP) is 2.18. The van der Waals surface area contributed by atoms with Crippen LogP contribution in [0.3, 0.4) is 0 Å². The summed E-state index contributed by atoms with van der Waals surface area (Å²) < 4.78 is 5.30. The Bertz CT molecular complexity index is 702. The number of hydrogen-bond acceptors (Lipinski definition) is 6. The van der Waals surface area contributed by atoms with Gasteiger partial charge in [-0.15, -0.1) is 0 Å². The summed E-state index contributed by atoms with van der Waals surface area (Å²) in [6, 6.07) is 8.10. The number of hydrogen-bond donors (Lipinski definition) is 3. The first-order valence-electron chi connectivity index (χ1n) is 6.31. The molecule has 0 aliphatic carbocycles. The number of halogens is 1. The van der Waals surface area contributed by atoms with Crippen molar-refractivity contribution in [3.05, 3.63) is 40.0 Å². The van der Waals surface area contributed by atoms with Crippen molar-refractivity contribution in [2.75, 3.05) is 11.9 Å². The van der Waals surface area contributed by atoms with Gasteiger partial charge in [-0.05, 0) is 25.1 Å². The Hall–Kier alpha value is -3.04. The van der Waals surface area contributed by atoms with E-state index in [2.05, 4.69) is 36.8 Å². The maximum Gasteiger partial charge on any atom is 0.426 e. The van der Waals surface area contributed by atoms with Crippen molar-refractivity contribution < 1.29 is 14.3 Å². The Morgan fingerprint density at radius 1 is 1.30 bits per heavy atom. The molecule has 0 heterocycles. The Labute approximate surface area is 140 Å². The van der Waals surface area contributed by atoms with Crippen molar-refractivity contribution in [1.82, 2.24) is 10.9 Å². The molecule has 1 rings (SSSR count). The van der Waals surface area contributed by atoms with E-state index in [1.165, 1.54) is 12.3 Å². The summed E-state index contributed by atoms with van der Waals surface area (Å²) in [5, 5.41) is 20.1. The van der Waals surface area contributed by atoms with E-state index >= 15 is 0 Å². The molecule has 2 amide bonds. The van der Waals surface area contributed by atoms with E-state index in [1.807, 2.05) is 0 Å². The minimum atomic E-state index is -0.788. The molecular formula is C14H12BrN5O3. The van der Waals surface area contributed by atoms with Gasteiger partial charge in [0, 0.05) is 10.7 Å². The SMILES string of the molecule is CCOC(=O)NNC(=O)c1ccc(Br)cc1NC=C(C#N)C#N. The van der Waals surface area contributed by atoms with E-state index in [0.717, 1.165) is 0 Å². The fraction of sp³-hybridized carbons (Fsp3) is 0.143. The second-order valence-electron chi connectivity index (χ2n) is 3.92. The summed E-state index contributed by atoms with van der Waals surface area (Å²) in [5.41, 5.74) is 4.66. The number of nitrogens with zero attached hydrogens (tertiary/aromatic N) is 2. The first kappa shape index (κ1) is 18.0. The topological polar surface area (TPSA) is 127 Å². The smallest absolute Gasteiger partial charge is 0.426 e. The van der Waals surface area contributed by atoms with Crippen LogP contribution in [0.4, 0.5) is 10.5 Å². The second kappa shape index (κ2) is 9.07. The standard InChI is InChI=1S/C14H12BrN5O3/c1-2-23-14(22)20-19-13(21)11-4-3-10(15)5-12(11)18-8-9(6-16)7-17/h3-5,8,18H,2H2,1H3,(H,19,21)(H,20,22). The van der Waals surface area contributed by atoms with Crippen molar-refractivity contribution >= 4 is 33.6 Å². The maximum atomic E-state index is 12.1. The van der Waals surface area contributed by atoms with Gasteiger partial charge in [-0.25, -0.2) is 10.2 Å². The second-order valence-corrected chi connectivity index (χ2v) is 4.83. The lowest BCUT2D eigenvalue weighted by Crippen LogP contribution is -2.42. The number of nitriles is 2. The van der Waals surface area contributed by atoms with E-state index < -0.39 is 12.0 Å². The molecule has 0 saturated carbocycles. The van der Waals surface area contributed by atoms with Crippen LogP contribution in [0.25, 0.3) is 0 Å². The van der Waals surface area contributed by atoms with Gasteiger partial charge in [-0.2, -0.15) is 10.5 Å². The zero-order chi connectivity index (χ0) is 17.2. The van der Waals surface area contributed by atoms with Gasteiger partial charge in [-0.3, -0.25) is 10.2 Å². The fourth-order valence-corrected chi connectivity index (χ4v) is 1.78. The van der Waals surface area contributed by atoms with Gasteiger partial charge in [0.05, 0.1) is 17.9 Å². The van der Waals surface area contributed by atoms with Gasteiger partial charge >= 0.3 is 6.09 Å². The van der Waals surface area contributed by atoms with Crippen molar-refractivity contribution in [2.45, 2.75) is 6.92 Å². The average Bonchev–Trinajstić information content (AvgIpc) is 2.54. The number of carbonyl (C=O) groups is 2. The molecule has 8 nitrogen and oxygen atoms in total. The number of allylic oxidation sites excluding steroid dienone is 1. The normalized spacial score (nSPS) is 8.87. The molecular weight excluding hydrogens is 366 g/mol. The van der Waals surface area contributed by atoms with E-state index in [4.69, 9.17) is 10.5 Å². The molecule has 0 unspecified atom stereocenters. The van der Waals surface area contributed by atoms with Gasteiger partial charge in [0.15, 0.2) is 0 Å². The van der Waals surface area contributed by atoms with Crippen LogP contribution < -0.4 is 16.2 Å². The molecule has 0 radical (unpaired) electrons. The van der Waals surface area contributed by atoms with Crippen LogP contribution in [-0.4, -0.2) is 18.6 Å². The summed E-state index contributed by atoms with van der Waals surface area (Å²) in [7, 11) is 0. The number of carbonyl (C=O) groups excluding carboxylic acids is 2. The number of rotatable bonds is 4. The minimum Gasteiger partial charge on any atom is -0.449 e. The zero-order valence-electron chi connectivity index (χ0n) is 12.0. The van der Waals surface area contributed by atoms with Gasteiger partial charge in [0.25, 0.3) is 5.91 Å². The van der Waals surface area contributed by atoms with Gasteiger partial charge in [-0.1, -0.05) is 15.9 Å². The molecule has 23 heavy (non-hydrogen) atoms. The minimum absolute atomic E-state index is 0.152. The highest BCUT2D eigenvalue weighted by molar-refractivity contribution is 9.10. The largest absolute Gasteiger partial charge is 0.449 e. The highest BCUT2D eigenvalue weighted by atomic mass is 79.9. The molecule has 0 aromatic heterocycles. The molecule has 118 valence electrons. The van der Waals surface area contributed by atoms with Crippen LogP contribution in [0.2, 0.25) is 0 Å². The number of amides is 2. The molecule has 0 aliphatic rings. The lowest BCUT2D eigenvalue weighted by atomic mass is 10.1. The van der Waals surface area contributed by atoms with Crippen LogP contribution in [-0.2, 0) is 4.74 Å². The molecule has 0 fully saturated rings. The van der Waals surface area contributed by atoms with E-state index in [1.54, 1.807) is 31.2 Å². The number of nitrogens with one attached hydrogen (secondary N) is 3. The molecule has 1 aromatic carbocycles. The van der Waals surface area contributed by atoms with E-state index in [0.29, 0.717) is 10.2 Å². The van der Waals surface area contributed by atoms with E-state index in [9.17, 15) is 9.59 Å². The van der Waals surface area contributed by atoms with Crippen molar-refractivity contribution in [3.63, 3.8) is 0 Å². The molecule has 3 N–H and O–H groups in total. The Morgan fingerprint density at radius 3 is 2.61 bits per heavy atom. The highest BCUT2D eigenvalue weighted by Gasteiger charge is 2.12. The van der Waals surface area contributed by atoms with Crippen molar-refractivity contribution in [2.24, 2.45) is 0 Å². The van der Waals surface area contributed by atoms with Crippen LogP contribution in [0.5, 0.6) is 0 Å². The van der Waals surface area contributed by atoms with Gasteiger partial charge in [0.2, 0.25) is 0 Å². The third-order valence-electron chi connectivity index (χ3n) is 2.39. The lowest BCUT2D eigenvalue weighted by molar-refractivity contribution is 0.0913. The Kier molecular flexibility index (Phi) is 7.11. The molecule has 0 aliphatic heterocycles.